The van der Waals surface area contributed by atoms with E-state index in [1.807, 2.05) is 0 Å². The molecule has 1 aliphatic rings. The number of nitrogens with one attached hydrogen (secondary N) is 1. The summed E-state index contributed by atoms with van der Waals surface area (Å²) in [5.41, 5.74) is 9.99. The average molecular weight is 420 g/mol. The smallest absolute Gasteiger partial charge is 0.228 e. The molecule has 0 amide bonds. The summed E-state index contributed by atoms with van der Waals surface area (Å²) in [6.45, 7) is -0.462. The first kappa shape index (κ1) is 19.5. The number of rotatable bonds is 5. The lowest BCUT2D eigenvalue weighted by Crippen LogP contribution is -2.33. The lowest BCUT2D eigenvalue weighted by Gasteiger charge is -2.18. The van der Waals surface area contributed by atoms with Crippen molar-refractivity contribution in [1.82, 2.24) is 19.5 Å². The summed E-state index contributed by atoms with van der Waals surface area (Å²) in [5, 5.41) is 34.6. The minimum absolute atomic E-state index is 0.130. The van der Waals surface area contributed by atoms with Crippen molar-refractivity contribution in [2.45, 2.75) is 24.5 Å². The van der Waals surface area contributed by atoms with Crippen LogP contribution in [0.1, 0.15) is 11.8 Å². The third-order valence-electron chi connectivity index (χ3n) is 4.53. The Labute approximate surface area is 169 Å². The SMILES string of the molecule is Nc1ncnc2c1nc(NN=Cc1ccc(Cl)cc1)n2[C@@H]1O[C@H](CO)[C@@H](O)[C@H]1O. The summed E-state index contributed by atoms with van der Waals surface area (Å²) in [6, 6.07) is 7.03. The molecule has 0 radical (unpaired) electrons. The van der Waals surface area contributed by atoms with Gasteiger partial charge in [-0.15, -0.1) is 0 Å². The van der Waals surface area contributed by atoms with Crippen LogP contribution in [-0.2, 0) is 4.74 Å². The number of hydrazone groups is 1. The first-order valence-electron chi connectivity index (χ1n) is 8.65. The van der Waals surface area contributed by atoms with E-state index in [0.29, 0.717) is 5.02 Å². The van der Waals surface area contributed by atoms with Gasteiger partial charge in [-0.25, -0.2) is 20.4 Å². The molecular weight excluding hydrogens is 402 g/mol. The molecule has 0 unspecified atom stereocenters. The molecule has 1 aromatic carbocycles. The lowest BCUT2D eigenvalue weighted by atomic mass is 10.1. The quantitative estimate of drug-likeness (QED) is 0.285. The van der Waals surface area contributed by atoms with Crippen LogP contribution >= 0.6 is 11.6 Å². The van der Waals surface area contributed by atoms with Gasteiger partial charge in [0.25, 0.3) is 0 Å². The lowest BCUT2D eigenvalue weighted by molar-refractivity contribution is -0.0501. The van der Waals surface area contributed by atoms with E-state index in [0.717, 1.165) is 5.56 Å². The van der Waals surface area contributed by atoms with Gasteiger partial charge in [0.1, 0.15) is 24.6 Å². The number of nitrogen functional groups attached to an aromatic ring is 1. The molecule has 1 saturated heterocycles. The topological polar surface area (TPSA) is 164 Å². The van der Waals surface area contributed by atoms with Crippen molar-refractivity contribution in [3.63, 3.8) is 0 Å². The number of fused-ring (bicyclic) bond motifs is 1. The van der Waals surface area contributed by atoms with Gasteiger partial charge in [0, 0.05) is 5.02 Å². The van der Waals surface area contributed by atoms with Crippen molar-refractivity contribution in [3.05, 3.63) is 41.2 Å². The van der Waals surface area contributed by atoms with Gasteiger partial charge in [0.05, 0.1) is 12.8 Å². The van der Waals surface area contributed by atoms with Gasteiger partial charge in [0.15, 0.2) is 23.2 Å². The second-order valence-electron chi connectivity index (χ2n) is 6.39. The van der Waals surface area contributed by atoms with Crippen LogP contribution in [0.25, 0.3) is 11.2 Å². The van der Waals surface area contributed by atoms with Crippen molar-refractivity contribution >= 4 is 40.7 Å². The number of imidazole rings is 1. The third kappa shape index (κ3) is 3.61. The molecule has 3 heterocycles. The molecule has 4 rings (SSSR count). The van der Waals surface area contributed by atoms with Gasteiger partial charge < -0.3 is 25.8 Å². The van der Waals surface area contributed by atoms with E-state index in [1.54, 1.807) is 30.5 Å². The van der Waals surface area contributed by atoms with Crippen molar-refractivity contribution in [2.75, 3.05) is 17.8 Å². The second kappa shape index (κ2) is 7.89. The number of aliphatic hydroxyl groups is 3. The molecule has 12 heteroatoms. The Hall–Kier alpha value is -2.83. The Morgan fingerprint density at radius 3 is 2.69 bits per heavy atom. The van der Waals surface area contributed by atoms with Gasteiger partial charge in [-0.05, 0) is 17.7 Å². The minimum Gasteiger partial charge on any atom is -0.394 e. The number of benzene rings is 1. The highest BCUT2D eigenvalue weighted by Crippen LogP contribution is 2.35. The highest BCUT2D eigenvalue weighted by molar-refractivity contribution is 6.30. The molecule has 1 fully saturated rings. The molecule has 1 aliphatic heterocycles. The van der Waals surface area contributed by atoms with Crippen molar-refractivity contribution < 1.29 is 20.1 Å². The number of anilines is 2. The maximum absolute atomic E-state index is 10.4. The fourth-order valence-corrected chi connectivity index (χ4v) is 3.18. The van der Waals surface area contributed by atoms with Crippen LogP contribution < -0.4 is 11.2 Å². The maximum Gasteiger partial charge on any atom is 0.228 e. The average Bonchev–Trinajstić information content (AvgIpc) is 3.22. The summed E-state index contributed by atoms with van der Waals surface area (Å²) >= 11 is 5.87. The fraction of sp³-hybridized carbons (Fsp3) is 0.294. The van der Waals surface area contributed by atoms with Gasteiger partial charge in [-0.3, -0.25) is 4.57 Å². The molecule has 0 saturated carbocycles. The molecule has 6 N–H and O–H groups in total. The Balaban J connectivity index is 1.71. The summed E-state index contributed by atoms with van der Waals surface area (Å²) in [7, 11) is 0. The van der Waals surface area contributed by atoms with Gasteiger partial charge >= 0.3 is 0 Å². The van der Waals surface area contributed by atoms with Crippen LogP contribution in [0.4, 0.5) is 11.8 Å². The molecule has 2 aromatic heterocycles. The molecule has 4 atom stereocenters. The van der Waals surface area contributed by atoms with E-state index in [-0.39, 0.29) is 22.9 Å². The predicted octanol–water partition coefficient (Wildman–Crippen LogP) is 0.119. The standard InChI is InChI=1S/C17H18ClN7O4/c18-9-3-1-8(2-4-9)5-22-24-17-23-11-14(19)20-7-21-15(11)25(17)16-13(28)12(27)10(6-26)29-16/h1-5,7,10,12-13,16,26-28H,6H2,(H,23,24)(H2,19,20,21)/t10-,12-,13-,16-/m1/s1. The normalized spacial score (nSPS) is 24.6. The number of aromatic nitrogens is 4. The Bertz CT molecular complexity index is 1040. The fourth-order valence-electron chi connectivity index (χ4n) is 3.05. The van der Waals surface area contributed by atoms with Crippen molar-refractivity contribution in [3.8, 4) is 0 Å². The number of halogens is 1. The highest BCUT2D eigenvalue weighted by Gasteiger charge is 2.45. The van der Waals surface area contributed by atoms with E-state index in [2.05, 4.69) is 25.5 Å². The van der Waals surface area contributed by atoms with Crippen LogP contribution in [0.15, 0.2) is 35.7 Å². The van der Waals surface area contributed by atoms with E-state index in [4.69, 9.17) is 22.1 Å². The van der Waals surface area contributed by atoms with Crippen LogP contribution in [0.2, 0.25) is 5.02 Å². The third-order valence-corrected chi connectivity index (χ3v) is 4.78. The molecule has 0 spiro atoms. The van der Waals surface area contributed by atoms with Crippen LogP contribution in [0.3, 0.4) is 0 Å². The molecule has 0 bridgehead atoms. The minimum atomic E-state index is -1.33. The molecule has 152 valence electrons. The number of ether oxygens (including phenoxy) is 1. The largest absolute Gasteiger partial charge is 0.394 e. The Morgan fingerprint density at radius 1 is 1.24 bits per heavy atom. The second-order valence-corrected chi connectivity index (χ2v) is 6.82. The van der Waals surface area contributed by atoms with Crippen molar-refractivity contribution in [1.29, 1.82) is 0 Å². The Morgan fingerprint density at radius 2 is 2.00 bits per heavy atom. The van der Waals surface area contributed by atoms with Crippen LogP contribution in [0.5, 0.6) is 0 Å². The molecule has 3 aromatic rings. The summed E-state index contributed by atoms with van der Waals surface area (Å²) in [4.78, 5) is 12.4. The number of hydrogen-bond acceptors (Lipinski definition) is 10. The van der Waals surface area contributed by atoms with Crippen LogP contribution in [-0.4, -0.2) is 66.0 Å². The van der Waals surface area contributed by atoms with Gasteiger partial charge in [-0.2, -0.15) is 5.10 Å². The van der Waals surface area contributed by atoms with E-state index < -0.39 is 31.1 Å². The summed E-state index contributed by atoms with van der Waals surface area (Å²) < 4.78 is 7.02. The summed E-state index contributed by atoms with van der Waals surface area (Å²) in [6.07, 6.45) is -1.86. The monoisotopic (exact) mass is 419 g/mol. The van der Waals surface area contributed by atoms with E-state index >= 15 is 0 Å². The zero-order valence-corrected chi connectivity index (χ0v) is 15.7. The molecule has 11 nitrogen and oxygen atoms in total. The zero-order chi connectivity index (χ0) is 20.5. The Kier molecular flexibility index (Phi) is 5.30. The highest BCUT2D eigenvalue weighted by atomic mass is 35.5. The summed E-state index contributed by atoms with van der Waals surface area (Å²) in [5.74, 6) is 0.289. The van der Waals surface area contributed by atoms with Crippen molar-refractivity contribution in [2.24, 2.45) is 5.10 Å². The number of nitrogens with two attached hydrogens (primary N) is 1. The van der Waals surface area contributed by atoms with Gasteiger partial charge in [-0.1, -0.05) is 23.7 Å². The van der Waals surface area contributed by atoms with E-state index in [9.17, 15) is 15.3 Å². The maximum atomic E-state index is 10.4. The predicted molar refractivity (Wildman–Crippen MR) is 105 cm³/mol. The molecular formula is C17H18ClN7O4. The van der Waals surface area contributed by atoms with E-state index in [1.165, 1.54) is 10.9 Å². The van der Waals surface area contributed by atoms with Gasteiger partial charge in [0.2, 0.25) is 5.95 Å². The number of hydrogen-bond donors (Lipinski definition) is 5. The molecule has 29 heavy (non-hydrogen) atoms. The first-order valence-corrected chi connectivity index (χ1v) is 9.03. The first-order chi connectivity index (χ1) is 14.0. The van der Waals surface area contributed by atoms with Crippen LogP contribution in [0, 0.1) is 0 Å². The zero-order valence-electron chi connectivity index (χ0n) is 14.9. The number of nitrogens with zero attached hydrogens (tertiary/aromatic N) is 5. The molecule has 0 aliphatic carbocycles. The number of aliphatic hydroxyl groups excluding tert-OH is 3.